The van der Waals surface area contributed by atoms with Gasteiger partial charge in [-0.2, -0.15) is 4.98 Å². The Morgan fingerprint density at radius 1 is 1.44 bits per heavy atom. The molecule has 0 atom stereocenters. The van der Waals surface area contributed by atoms with E-state index in [1.807, 2.05) is 6.07 Å². The van der Waals surface area contributed by atoms with Crippen LogP contribution < -0.4 is 16.6 Å². The van der Waals surface area contributed by atoms with Gasteiger partial charge in [0.15, 0.2) is 5.82 Å². The lowest BCUT2D eigenvalue weighted by molar-refractivity contribution is 1.01. The molecule has 4 N–H and O–H groups in total. The first-order valence-electron chi connectivity index (χ1n) is 5.16. The van der Waals surface area contributed by atoms with E-state index in [0.717, 1.165) is 16.8 Å². The van der Waals surface area contributed by atoms with Crippen molar-refractivity contribution in [1.82, 2.24) is 9.97 Å². The van der Waals surface area contributed by atoms with Crippen LogP contribution in [0.1, 0.15) is 4.88 Å². The van der Waals surface area contributed by atoms with E-state index >= 15 is 0 Å². The standard InChI is InChI=1S/C10H11BrClN5S/c11-8-2-1-6(18-8)3-4-14-9-7(12)5-15-10(16-9)17-13/h1-2,5H,3-4,13H2,(H2,14,15,16,17). The highest BCUT2D eigenvalue weighted by Gasteiger charge is 2.04. The predicted molar refractivity (Wildman–Crippen MR) is 79.1 cm³/mol. The van der Waals surface area contributed by atoms with Gasteiger partial charge >= 0.3 is 0 Å². The fraction of sp³-hybridized carbons (Fsp3) is 0.200. The number of nitrogens with zero attached hydrogens (tertiary/aromatic N) is 2. The zero-order valence-electron chi connectivity index (χ0n) is 9.28. The molecule has 0 aliphatic rings. The molecule has 2 aromatic heterocycles. The third-order valence-electron chi connectivity index (χ3n) is 2.17. The fourth-order valence-corrected chi connectivity index (χ4v) is 2.99. The average molecular weight is 349 g/mol. The minimum Gasteiger partial charge on any atom is -0.368 e. The van der Waals surface area contributed by atoms with Crippen molar-refractivity contribution in [3.63, 3.8) is 0 Å². The van der Waals surface area contributed by atoms with E-state index in [1.54, 1.807) is 11.3 Å². The molecule has 2 aromatic rings. The highest BCUT2D eigenvalue weighted by Crippen LogP contribution is 2.23. The molecule has 0 aliphatic carbocycles. The maximum Gasteiger partial charge on any atom is 0.239 e. The van der Waals surface area contributed by atoms with Crippen molar-refractivity contribution in [2.24, 2.45) is 5.84 Å². The van der Waals surface area contributed by atoms with Crippen LogP contribution in [0.4, 0.5) is 11.8 Å². The number of nitrogens with one attached hydrogen (secondary N) is 2. The molecule has 0 aromatic carbocycles. The summed E-state index contributed by atoms with van der Waals surface area (Å²) < 4.78 is 1.13. The number of nitrogen functional groups attached to an aromatic ring is 1. The number of hydrogen-bond donors (Lipinski definition) is 3. The summed E-state index contributed by atoms with van der Waals surface area (Å²) in [7, 11) is 0. The smallest absolute Gasteiger partial charge is 0.239 e. The molecular formula is C10H11BrClN5S. The fourth-order valence-electron chi connectivity index (χ4n) is 1.35. The first-order valence-corrected chi connectivity index (χ1v) is 7.15. The summed E-state index contributed by atoms with van der Waals surface area (Å²) in [6.07, 6.45) is 2.41. The van der Waals surface area contributed by atoms with Gasteiger partial charge in [0.2, 0.25) is 5.95 Å². The van der Waals surface area contributed by atoms with Crippen molar-refractivity contribution in [3.8, 4) is 0 Å². The van der Waals surface area contributed by atoms with Gasteiger partial charge in [0.1, 0.15) is 5.02 Å². The minimum absolute atomic E-state index is 0.334. The molecule has 8 heteroatoms. The van der Waals surface area contributed by atoms with E-state index in [4.69, 9.17) is 17.4 Å². The molecule has 0 aliphatic heterocycles. The van der Waals surface area contributed by atoms with Gasteiger partial charge in [-0.15, -0.1) is 11.3 Å². The van der Waals surface area contributed by atoms with E-state index in [2.05, 4.69) is 42.7 Å². The molecule has 0 bridgehead atoms. The maximum atomic E-state index is 5.98. The first kappa shape index (κ1) is 13.5. The minimum atomic E-state index is 0.334. The Morgan fingerprint density at radius 3 is 2.94 bits per heavy atom. The highest BCUT2D eigenvalue weighted by atomic mass is 79.9. The number of hydrazine groups is 1. The summed E-state index contributed by atoms with van der Waals surface area (Å²) >= 11 is 11.1. The largest absolute Gasteiger partial charge is 0.368 e. The Morgan fingerprint density at radius 2 is 2.28 bits per heavy atom. The molecule has 0 saturated heterocycles. The van der Waals surface area contributed by atoms with E-state index in [0.29, 0.717) is 16.8 Å². The van der Waals surface area contributed by atoms with Crippen molar-refractivity contribution >= 4 is 50.6 Å². The van der Waals surface area contributed by atoms with Crippen molar-refractivity contribution in [1.29, 1.82) is 0 Å². The molecule has 18 heavy (non-hydrogen) atoms. The van der Waals surface area contributed by atoms with Crippen molar-refractivity contribution in [2.75, 3.05) is 17.3 Å². The summed E-state index contributed by atoms with van der Waals surface area (Å²) in [5.74, 6) is 6.15. The van der Waals surface area contributed by atoms with Crippen molar-refractivity contribution in [2.45, 2.75) is 6.42 Å². The molecule has 5 nitrogen and oxygen atoms in total. The topological polar surface area (TPSA) is 75.9 Å². The van der Waals surface area contributed by atoms with Gasteiger partial charge in [-0.05, 0) is 34.5 Å². The molecule has 0 saturated carbocycles. The van der Waals surface area contributed by atoms with E-state index in [-0.39, 0.29) is 0 Å². The normalized spacial score (nSPS) is 10.4. The maximum absolute atomic E-state index is 5.98. The number of aromatic nitrogens is 2. The van der Waals surface area contributed by atoms with Crippen LogP contribution in [0.5, 0.6) is 0 Å². The van der Waals surface area contributed by atoms with Gasteiger partial charge in [0.05, 0.1) is 9.98 Å². The van der Waals surface area contributed by atoms with Crippen LogP contribution in [0.3, 0.4) is 0 Å². The Kier molecular flexibility index (Phi) is 4.76. The number of halogens is 2. The van der Waals surface area contributed by atoms with Gasteiger partial charge in [-0.25, -0.2) is 10.8 Å². The quantitative estimate of drug-likeness (QED) is 0.572. The van der Waals surface area contributed by atoms with E-state index in [9.17, 15) is 0 Å². The van der Waals surface area contributed by atoms with Crippen LogP contribution >= 0.6 is 38.9 Å². The summed E-state index contributed by atoms with van der Waals surface area (Å²) in [5.41, 5.74) is 2.38. The molecule has 0 spiro atoms. The lowest BCUT2D eigenvalue weighted by Crippen LogP contribution is -2.13. The van der Waals surface area contributed by atoms with Crippen LogP contribution in [-0.4, -0.2) is 16.5 Å². The Hall–Kier alpha value is -0.890. The number of rotatable bonds is 5. The number of hydrogen-bond acceptors (Lipinski definition) is 6. The first-order chi connectivity index (χ1) is 8.69. The Bertz CT molecular complexity index is 533. The molecule has 0 unspecified atom stereocenters. The Balaban J connectivity index is 1.93. The van der Waals surface area contributed by atoms with Crippen LogP contribution in [0, 0.1) is 0 Å². The van der Waals surface area contributed by atoms with Crippen molar-refractivity contribution in [3.05, 3.63) is 32.0 Å². The molecule has 0 fully saturated rings. The number of anilines is 2. The summed E-state index contributed by atoms with van der Waals surface area (Å²) in [5, 5.41) is 3.63. The number of nitrogens with two attached hydrogens (primary N) is 1. The molecule has 96 valence electrons. The zero-order valence-corrected chi connectivity index (χ0v) is 12.4. The van der Waals surface area contributed by atoms with Gasteiger partial charge < -0.3 is 5.32 Å². The second kappa shape index (κ2) is 6.33. The zero-order chi connectivity index (χ0) is 13.0. The number of thiophene rings is 1. The van der Waals surface area contributed by atoms with Gasteiger partial charge in [0.25, 0.3) is 0 Å². The molecular weight excluding hydrogens is 338 g/mol. The van der Waals surface area contributed by atoms with Crippen LogP contribution in [0.15, 0.2) is 22.1 Å². The average Bonchev–Trinajstić information content (AvgIpc) is 2.77. The second-order valence-electron chi connectivity index (χ2n) is 3.42. The van der Waals surface area contributed by atoms with E-state index < -0.39 is 0 Å². The lowest BCUT2D eigenvalue weighted by atomic mass is 10.3. The summed E-state index contributed by atoms with van der Waals surface area (Å²) in [6.45, 7) is 0.744. The van der Waals surface area contributed by atoms with Crippen LogP contribution in [0.25, 0.3) is 0 Å². The Labute approximate surface area is 122 Å². The van der Waals surface area contributed by atoms with Gasteiger partial charge in [-0.1, -0.05) is 11.6 Å². The monoisotopic (exact) mass is 347 g/mol. The van der Waals surface area contributed by atoms with Crippen LogP contribution in [-0.2, 0) is 6.42 Å². The van der Waals surface area contributed by atoms with Crippen LogP contribution in [0.2, 0.25) is 5.02 Å². The molecule has 2 rings (SSSR count). The van der Waals surface area contributed by atoms with E-state index in [1.165, 1.54) is 11.1 Å². The third kappa shape index (κ3) is 3.55. The highest BCUT2D eigenvalue weighted by molar-refractivity contribution is 9.11. The lowest BCUT2D eigenvalue weighted by Gasteiger charge is -2.07. The van der Waals surface area contributed by atoms with Crippen molar-refractivity contribution < 1.29 is 0 Å². The summed E-state index contributed by atoms with van der Waals surface area (Å²) in [6, 6.07) is 4.12. The molecule has 2 heterocycles. The molecule has 0 radical (unpaired) electrons. The van der Waals surface area contributed by atoms with Gasteiger partial charge in [0, 0.05) is 11.4 Å². The van der Waals surface area contributed by atoms with Gasteiger partial charge in [-0.3, -0.25) is 5.43 Å². The molecule has 0 amide bonds. The second-order valence-corrected chi connectivity index (χ2v) is 6.37. The SMILES string of the molecule is NNc1ncc(Cl)c(NCCc2ccc(Br)s2)n1. The summed E-state index contributed by atoms with van der Waals surface area (Å²) in [4.78, 5) is 9.32. The predicted octanol–water partition coefficient (Wildman–Crippen LogP) is 2.89. The third-order valence-corrected chi connectivity index (χ3v) is 4.13.